The predicted octanol–water partition coefficient (Wildman–Crippen LogP) is 1.65. The Morgan fingerprint density at radius 3 is 3.00 bits per heavy atom. The van der Waals surface area contributed by atoms with Crippen LogP contribution in [0, 0.1) is 0 Å². The third-order valence-electron chi connectivity index (χ3n) is 1.50. The molecule has 0 aliphatic carbocycles. The number of halogens is 1. The fourth-order valence-corrected chi connectivity index (χ4v) is 1.25. The fourth-order valence-electron chi connectivity index (χ4n) is 0.834. The molecular formula is C9H10BrNO3. The first-order chi connectivity index (χ1) is 6.75. The van der Waals surface area contributed by atoms with E-state index in [0.29, 0.717) is 16.8 Å². The zero-order valence-electron chi connectivity index (χ0n) is 7.70. The number of carbonyl (C=O) groups excluding carboxylic acids is 1. The lowest BCUT2D eigenvalue weighted by Gasteiger charge is -2.04. The SMILES string of the molecule is COCCOC(=O)c1cccnc1Br. The van der Waals surface area contributed by atoms with Crippen LogP contribution < -0.4 is 0 Å². The van der Waals surface area contributed by atoms with E-state index < -0.39 is 5.97 Å². The maximum Gasteiger partial charge on any atom is 0.340 e. The number of hydrogen-bond donors (Lipinski definition) is 0. The number of rotatable bonds is 4. The standard InChI is InChI=1S/C9H10BrNO3/c1-13-5-6-14-9(12)7-3-2-4-11-8(7)10/h2-4H,5-6H2,1H3. The van der Waals surface area contributed by atoms with Crippen molar-refractivity contribution in [3.8, 4) is 0 Å². The molecule has 76 valence electrons. The van der Waals surface area contributed by atoms with Gasteiger partial charge in [0.15, 0.2) is 0 Å². The Morgan fingerprint density at radius 2 is 2.36 bits per heavy atom. The first kappa shape index (κ1) is 11.1. The molecule has 0 amide bonds. The number of nitrogens with zero attached hydrogens (tertiary/aromatic N) is 1. The van der Waals surface area contributed by atoms with Crippen molar-refractivity contribution in [1.82, 2.24) is 4.98 Å². The molecule has 1 heterocycles. The lowest BCUT2D eigenvalue weighted by molar-refractivity contribution is 0.0386. The Morgan fingerprint density at radius 1 is 1.57 bits per heavy atom. The van der Waals surface area contributed by atoms with E-state index in [-0.39, 0.29) is 6.61 Å². The molecule has 0 atom stereocenters. The number of carbonyl (C=O) groups is 1. The molecule has 0 aliphatic heterocycles. The van der Waals surface area contributed by atoms with Crippen molar-refractivity contribution in [2.24, 2.45) is 0 Å². The maximum atomic E-state index is 11.4. The van der Waals surface area contributed by atoms with Crippen LogP contribution in [0.1, 0.15) is 10.4 Å². The molecule has 0 spiro atoms. The average molecular weight is 260 g/mol. The van der Waals surface area contributed by atoms with E-state index in [1.807, 2.05) is 0 Å². The molecule has 0 saturated heterocycles. The Bertz CT molecular complexity index is 317. The maximum absolute atomic E-state index is 11.4. The minimum atomic E-state index is -0.401. The second-order valence-corrected chi connectivity index (χ2v) is 3.22. The molecule has 0 aliphatic rings. The molecule has 1 aromatic heterocycles. The fraction of sp³-hybridized carbons (Fsp3) is 0.333. The summed E-state index contributed by atoms with van der Waals surface area (Å²) in [4.78, 5) is 15.3. The van der Waals surface area contributed by atoms with Gasteiger partial charge in [-0.25, -0.2) is 9.78 Å². The van der Waals surface area contributed by atoms with Gasteiger partial charge in [0.05, 0.1) is 12.2 Å². The molecule has 4 nitrogen and oxygen atoms in total. The summed E-state index contributed by atoms with van der Waals surface area (Å²) in [5, 5.41) is 0. The summed E-state index contributed by atoms with van der Waals surface area (Å²) in [5.74, 6) is -0.401. The van der Waals surface area contributed by atoms with Crippen LogP contribution in [0.15, 0.2) is 22.9 Å². The van der Waals surface area contributed by atoms with Crippen molar-refractivity contribution in [3.05, 3.63) is 28.5 Å². The highest BCUT2D eigenvalue weighted by Crippen LogP contribution is 2.13. The van der Waals surface area contributed by atoms with Gasteiger partial charge in [0.1, 0.15) is 11.2 Å². The van der Waals surface area contributed by atoms with E-state index in [1.165, 1.54) is 0 Å². The zero-order chi connectivity index (χ0) is 10.4. The molecule has 0 unspecified atom stereocenters. The van der Waals surface area contributed by atoms with Crippen molar-refractivity contribution in [3.63, 3.8) is 0 Å². The number of methoxy groups -OCH3 is 1. The molecule has 0 aromatic carbocycles. The first-order valence-electron chi connectivity index (χ1n) is 4.02. The van der Waals surface area contributed by atoms with E-state index >= 15 is 0 Å². The average Bonchev–Trinajstić information content (AvgIpc) is 2.18. The quantitative estimate of drug-likeness (QED) is 0.469. The van der Waals surface area contributed by atoms with E-state index in [9.17, 15) is 4.79 Å². The zero-order valence-corrected chi connectivity index (χ0v) is 9.28. The smallest absolute Gasteiger partial charge is 0.340 e. The van der Waals surface area contributed by atoms with Gasteiger partial charge in [0.25, 0.3) is 0 Å². The summed E-state index contributed by atoms with van der Waals surface area (Å²) in [7, 11) is 1.55. The summed E-state index contributed by atoms with van der Waals surface area (Å²) in [5.41, 5.74) is 0.420. The van der Waals surface area contributed by atoms with Crippen LogP contribution in [0.5, 0.6) is 0 Å². The monoisotopic (exact) mass is 259 g/mol. The van der Waals surface area contributed by atoms with E-state index in [4.69, 9.17) is 9.47 Å². The Hall–Kier alpha value is -0.940. The van der Waals surface area contributed by atoms with Crippen molar-refractivity contribution in [1.29, 1.82) is 0 Å². The summed E-state index contributed by atoms with van der Waals surface area (Å²) in [6, 6.07) is 3.32. The third-order valence-corrected chi connectivity index (χ3v) is 2.13. The highest BCUT2D eigenvalue weighted by Gasteiger charge is 2.10. The highest BCUT2D eigenvalue weighted by atomic mass is 79.9. The molecule has 1 aromatic rings. The minimum Gasteiger partial charge on any atom is -0.460 e. The van der Waals surface area contributed by atoms with Gasteiger partial charge in [-0.2, -0.15) is 0 Å². The number of aromatic nitrogens is 1. The highest BCUT2D eigenvalue weighted by molar-refractivity contribution is 9.10. The van der Waals surface area contributed by atoms with Gasteiger partial charge in [-0.1, -0.05) is 0 Å². The van der Waals surface area contributed by atoms with Gasteiger partial charge in [-0.3, -0.25) is 0 Å². The number of pyridine rings is 1. The van der Waals surface area contributed by atoms with E-state index in [1.54, 1.807) is 25.4 Å². The van der Waals surface area contributed by atoms with Gasteiger partial charge in [0, 0.05) is 13.3 Å². The van der Waals surface area contributed by atoms with Crippen LogP contribution in [0.4, 0.5) is 0 Å². The van der Waals surface area contributed by atoms with Gasteiger partial charge in [-0.15, -0.1) is 0 Å². The molecule has 0 fully saturated rings. The summed E-state index contributed by atoms with van der Waals surface area (Å²) < 4.78 is 10.2. The molecule has 5 heteroatoms. The number of hydrogen-bond acceptors (Lipinski definition) is 4. The van der Waals surface area contributed by atoms with Crippen LogP contribution in [-0.2, 0) is 9.47 Å². The number of esters is 1. The first-order valence-corrected chi connectivity index (χ1v) is 4.81. The van der Waals surface area contributed by atoms with Gasteiger partial charge in [-0.05, 0) is 28.1 Å². The Kier molecular flexibility index (Phi) is 4.55. The Balaban J connectivity index is 2.56. The van der Waals surface area contributed by atoms with E-state index in [0.717, 1.165) is 0 Å². The lowest BCUT2D eigenvalue weighted by Crippen LogP contribution is -2.10. The van der Waals surface area contributed by atoms with Crippen molar-refractivity contribution in [2.75, 3.05) is 20.3 Å². The van der Waals surface area contributed by atoms with Crippen molar-refractivity contribution < 1.29 is 14.3 Å². The topological polar surface area (TPSA) is 48.4 Å². The van der Waals surface area contributed by atoms with Crippen LogP contribution in [0.25, 0.3) is 0 Å². The van der Waals surface area contributed by atoms with Crippen molar-refractivity contribution >= 4 is 21.9 Å². The molecule has 0 saturated carbocycles. The van der Waals surface area contributed by atoms with Crippen LogP contribution in [-0.4, -0.2) is 31.3 Å². The molecular weight excluding hydrogens is 250 g/mol. The number of ether oxygens (including phenoxy) is 2. The van der Waals surface area contributed by atoms with E-state index in [2.05, 4.69) is 20.9 Å². The second-order valence-electron chi connectivity index (χ2n) is 2.47. The largest absolute Gasteiger partial charge is 0.460 e. The Labute approximate surface area is 90.4 Å². The normalized spacial score (nSPS) is 9.86. The second kappa shape index (κ2) is 5.72. The van der Waals surface area contributed by atoms with Crippen LogP contribution >= 0.6 is 15.9 Å². The van der Waals surface area contributed by atoms with Crippen molar-refractivity contribution in [2.45, 2.75) is 0 Å². The van der Waals surface area contributed by atoms with Gasteiger partial charge in [0.2, 0.25) is 0 Å². The summed E-state index contributed by atoms with van der Waals surface area (Å²) >= 11 is 3.16. The summed E-state index contributed by atoms with van der Waals surface area (Å²) in [6.07, 6.45) is 1.59. The molecule has 0 bridgehead atoms. The molecule has 0 radical (unpaired) electrons. The molecule has 14 heavy (non-hydrogen) atoms. The molecule has 0 N–H and O–H groups in total. The third kappa shape index (κ3) is 3.08. The predicted molar refractivity (Wildman–Crippen MR) is 54.1 cm³/mol. The van der Waals surface area contributed by atoms with Crippen LogP contribution in [0.3, 0.4) is 0 Å². The van der Waals surface area contributed by atoms with Gasteiger partial charge >= 0.3 is 5.97 Å². The lowest BCUT2D eigenvalue weighted by atomic mass is 10.3. The van der Waals surface area contributed by atoms with Gasteiger partial charge < -0.3 is 9.47 Å². The summed E-state index contributed by atoms with van der Waals surface area (Å²) in [6.45, 7) is 0.639. The molecule has 1 rings (SSSR count). The minimum absolute atomic E-state index is 0.247. The van der Waals surface area contributed by atoms with Crippen LogP contribution in [0.2, 0.25) is 0 Å².